The molecule has 0 bridgehead atoms. The van der Waals surface area contributed by atoms with Crippen LogP contribution in [0.1, 0.15) is 22.0 Å². The third kappa shape index (κ3) is 3.87. The minimum absolute atomic E-state index is 0.257. The number of carbonyl (C=O) groups is 2. The van der Waals surface area contributed by atoms with Crippen molar-refractivity contribution in [3.63, 3.8) is 0 Å². The zero-order valence-electron chi connectivity index (χ0n) is 11.9. The van der Waals surface area contributed by atoms with Crippen LogP contribution in [0.3, 0.4) is 0 Å². The fraction of sp³-hybridized carbons (Fsp3) is 0.133. The summed E-state index contributed by atoms with van der Waals surface area (Å²) in [6, 6.07) is 8.98. The zero-order chi connectivity index (χ0) is 15.9. The number of nitrogens with zero attached hydrogens (tertiary/aromatic N) is 1. The van der Waals surface area contributed by atoms with Crippen LogP contribution in [-0.4, -0.2) is 23.9 Å². The molecular weight excluding hydrogens is 284 g/mol. The highest BCUT2D eigenvalue weighted by molar-refractivity contribution is 6.04. The second-order valence-electron chi connectivity index (χ2n) is 4.46. The summed E-state index contributed by atoms with van der Waals surface area (Å²) in [4.78, 5) is 32.0. The molecule has 22 heavy (non-hydrogen) atoms. The van der Waals surface area contributed by atoms with E-state index < -0.39 is 11.9 Å². The molecule has 0 radical (unpaired) electrons. The second kappa shape index (κ2) is 7.30. The molecule has 0 aliphatic carbocycles. The molecule has 0 aliphatic rings. The van der Waals surface area contributed by atoms with Crippen molar-refractivity contribution in [2.75, 3.05) is 12.4 Å². The third-order valence-corrected chi connectivity index (χ3v) is 2.96. The number of hydrogen-bond donors (Lipinski definition) is 3. The lowest BCUT2D eigenvalue weighted by atomic mass is 10.0. The number of benzene rings is 1. The number of anilines is 1. The number of rotatable bonds is 5. The Hall–Kier alpha value is -2.77. The normalized spacial score (nSPS) is 11.5. The lowest BCUT2D eigenvalue weighted by molar-refractivity contribution is -0.132. The first-order valence-electron chi connectivity index (χ1n) is 6.51. The molecule has 7 nitrogen and oxygen atoms in total. The highest BCUT2D eigenvalue weighted by Gasteiger charge is 2.16. The summed E-state index contributed by atoms with van der Waals surface area (Å²) in [7, 11) is 1.33. The average molecular weight is 300 g/mol. The first-order valence-corrected chi connectivity index (χ1v) is 6.51. The largest absolute Gasteiger partial charge is 0.322 e. The minimum atomic E-state index is -0.864. The molecule has 0 fully saturated rings. The summed E-state index contributed by atoms with van der Waals surface area (Å²) >= 11 is 0. The molecule has 2 aromatic rings. The number of nitrogens with two attached hydrogens (primary N) is 1. The van der Waals surface area contributed by atoms with Gasteiger partial charge in [-0.1, -0.05) is 12.1 Å². The fourth-order valence-electron chi connectivity index (χ4n) is 1.80. The van der Waals surface area contributed by atoms with Gasteiger partial charge in [-0.25, -0.2) is 5.48 Å². The van der Waals surface area contributed by atoms with E-state index in [-0.39, 0.29) is 5.91 Å². The first kappa shape index (κ1) is 15.6. The van der Waals surface area contributed by atoms with Gasteiger partial charge in [0.25, 0.3) is 11.8 Å². The van der Waals surface area contributed by atoms with Gasteiger partial charge in [-0.05, 0) is 29.8 Å². The number of carbonyl (C=O) groups excluding carboxylic acids is 2. The molecule has 2 rings (SSSR count). The predicted octanol–water partition coefficient (Wildman–Crippen LogP) is 1.01. The maximum absolute atomic E-state index is 12.1. The van der Waals surface area contributed by atoms with E-state index in [9.17, 15) is 9.59 Å². The van der Waals surface area contributed by atoms with Gasteiger partial charge in [0.15, 0.2) is 0 Å². The Balaban J connectivity index is 2.05. The molecule has 0 spiro atoms. The molecule has 0 saturated heterocycles. The van der Waals surface area contributed by atoms with Crippen LogP contribution in [0.5, 0.6) is 0 Å². The van der Waals surface area contributed by atoms with Crippen LogP contribution in [0, 0.1) is 0 Å². The molecular formula is C15H16N4O3. The van der Waals surface area contributed by atoms with Crippen molar-refractivity contribution in [1.29, 1.82) is 0 Å². The smallest absolute Gasteiger partial charge is 0.265 e. The van der Waals surface area contributed by atoms with Gasteiger partial charge in [0, 0.05) is 23.6 Å². The molecule has 1 atom stereocenters. The zero-order valence-corrected chi connectivity index (χ0v) is 11.9. The van der Waals surface area contributed by atoms with E-state index in [0.717, 1.165) is 0 Å². The van der Waals surface area contributed by atoms with Crippen LogP contribution in [0.15, 0.2) is 48.8 Å². The van der Waals surface area contributed by atoms with Crippen LogP contribution >= 0.6 is 0 Å². The van der Waals surface area contributed by atoms with E-state index in [1.807, 2.05) is 0 Å². The summed E-state index contributed by atoms with van der Waals surface area (Å²) in [5.74, 6) is -0.718. The molecule has 2 amide bonds. The highest BCUT2D eigenvalue weighted by atomic mass is 16.6. The molecule has 1 aromatic carbocycles. The van der Waals surface area contributed by atoms with Crippen molar-refractivity contribution in [3.8, 4) is 0 Å². The van der Waals surface area contributed by atoms with Crippen molar-refractivity contribution in [3.05, 3.63) is 59.9 Å². The van der Waals surface area contributed by atoms with Crippen molar-refractivity contribution in [2.24, 2.45) is 5.73 Å². The van der Waals surface area contributed by atoms with Gasteiger partial charge in [-0.15, -0.1) is 0 Å². The Kier molecular flexibility index (Phi) is 5.18. The summed E-state index contributed by atoms with van der Waals surface area (Å²) in [5.41, 5.74) is 9.63. The number of hydroxylamine groups is 1. The predicted molar refractivity (Wildman–Crippen MR) is 80.7 cm³/mol. The van der Waals surface area contributed by atoms with Crippen LogP contribution in [-0.2, 0) is 9.63 Å². The van der Waals surface area contributed by atoms with Crippen LogP contribution < -0.4 is 16.5 Å². The minimum Gasteiger partial charge on any atom is -0.322 e. The quantitative estimate of drug-likeness (QED) is 0.715. The molecule has 4 N–H and O–H groups in total. The summed E-state index contributed by atoms with van der Waals surface area (Å²) in [6.07, 6.45) is 3.18. The van der Waals surface area contributed by atoms with Gasteiger partial charge in [-0.2, -0.15) is 0 Å². The van der Waals surface area contributed by atoms with Crippen molar-refractivity contribution < 1.29 is 14.4 Å². The SMILES string of the molecule is CONC(=O)C(N)c1ccc(C(=O)Nc2ccncc2)cc1. The number of hydrogen-bond acceptors (Lipinski definition) is 5. The van der Waals surface area contributed by atoms with E-state index >= 15 is 0 Å². The molecule has 0 saturated carbocycles. The van der Waals surface area contributed by atoms with E-state index in [1.165, 1.54) is 7.11 Å². The number of amides is 2. The number of nitrogens with one attached hydrogen (secondary N) is 2. The third-order valence-electron chi connectivity index (χ3n) is 2.96. The standard InChI is InChI=1S/C15H16N4O3/c1-22-19-15(21)13(16)10-2-4-11(5-3-10)14(20)18-12-6-8-17-9-7-12/h2-9,13H,16H2,1H3,(H,19,21)(H,17,18,20). The molecule has 1 unspecified atom stereocenters. The monoisotopic (exact) mass is 300 g/mol. The highest BCUT2D eigenvalue weighted by Crippen LogP contribution is 2.13. The van der Waals surface area contributed by atoms with Crippen molar-refractivity contribution in [1.82, 2.24) is 10.5 Å². The molecule has 7 heteroatoms. The van der Waals surface area contributed by atoms with Gasteiger partial charge < -0.3 is 11.1 Å². The average Bonchev–Trinajstić information content (AvgIpc) is 2.55. The van der Waals surface area contributed by atoms with Crippen molar-refractivity contribution in [2.45, 2.75) is 6.04 Å². The number of aromatic nitrogens is 1. The van der Waals surface area contributed by atoms with Crippen LogP contribution in [0.2, 0.25) is 0 Å². The van der Waals surface area contributed by atoms with Crippen molar-refractivity contribution >= 4 is 17.5 Å². The first-order chi connectivity index (χ1) is 10.6. The van der Waals surface area contributed by atoms with Gasteiger partial charge in [-0.3, -0.25) is 19.4 Å². The lowest BCUT2D eigenvalue weighted by Gasteiger charge is -2.11. The summed E-state index contributed by atoms with van der Waals surface area (Å²) in [6.45, 7) is 0. The molecule has 114 valence electrons. The van der Waals surface area contributed by atoms with E-state index in [4.69, 9.17) is 5.73 Å². The van der Waals surface area contributed by atoms with Gasteiger partial charge in [0.05, 0.1) is 7.11 Å². The van der Waals surface area contributed by atoms with Crippen LogP contribution in [0.25, 0.3) is 0 Å². The van der Waals surface area contributed by atoms with Gasteiger partial charge in [0.2, 0.25) is 0 Å². The summed E-state index contributed by atoms with van der Waals surface area (Å²) in [5, 5.41) is 2.74. The molecule has 0 aliphatic heterocycles. The Morgan fingerprint density at radius 1 is 1.14 bits per heavy atom. The number of pyridine rings is 1. The Morgan fingerprint density at radius 3 is 2.36 bits per heavy atom. The van der Waals surface area contributed by atoms with Gasteiger partial charge in [0.1, 0.15) is 6.04 Å². The molecule has 1 heterocycles. The Labute approximate surface area is 127 Å². The molecule has 1 aromatic heterocycles. The maximum atomic E-state index is 12.1. The fourth-order valence-corrected chi connectivity index (χ4v) is 1.80. The van der Waals surface area contributed by atoms with E-state index in [1.54, 1.807) is 48.8 Å². The Morgan fingerprint density at radius 2 is 1.77 bits per heavy atom. The Bertz CT molecular complexity index is 644. The van der Waals surface area contributed by atoms with E-state index in [2.05, 4.69) is 20.6 Å². The lowest BCUT2D eigenvalue weighted by Crippen LogP contribution is -2.33. The van der Waals surface area contributed by atoms with Crippen LogP contribution in [0.4, 0.5) is 5.69 Å². The van der Waals surface area contributed by atoms with E-state index in [0.29, 0.717) is 16.8 Å². The van der Waals surface area contributed by atoms with Gasteiger partial charge >= 0.3 is 0 Å². The second-order valence-corrected chi connectivity index (χ2v) is 4.46. The topological polar surface area (TPSA) is 106 Å². The summed E-state index contributed by atoms with van der Waals surface area (Å²) < 4.78 is 0. The maximum Gasteiger partial charge on any atom is 0.265 e.